The van der Waals surface area contributed by atoms with Gasteiger partial charge in [-0.3, -0.25) is 4.79 Å². The van der Waals surface area contributed by atoms with Crippen LogP contribution in [-0.4, -0.2) is 27.2 Å². The van der Waals surface area contributed by atoms with Crippen molar-refractivity contribution >= 4 is 23.1 Å². The fourth-order valence-corrected chi connectivity index (χ4v) is 2.92. The Bertz CT molecular complexity index is 1100. The van der Waals surface area contributed by atoms with Crippen molar-refractivity contribution in [3.63, 3.8) is 0 Å². The molecule has 6 nitrogen and oxygen atoms in total. The Labute approximate surface area is 157 Å². The molecule has 0 fully saturated rings. The lowest BCUT2D eigenvalue weighted by atomic mass is 10.1. The molecule has 3 aromatic rings. The number of benzene rings is 1. The van der Waals surface area contributed by atoms with Crippen LogP contribution in [-0.2, 0) is 10.7 Å². The molecule has 27 heavy (non-hydrogen) atoms. The van der Waals surface area contributed by atoms with Gasteiger partial charge in [-0.15, -0.1) is 0 Å². The predicted octanol–water partition coefficient (Wildman–Crippen LogP) is 3.94. The van der Waals surface area contributed by atoms with E-state index in [4.69, 9.17) is 16.3 Å². The maximum absolute atomic E-state index is 14.2. The monoisotopic (exact) mass is 395 g/mol. The highest BCUT2D eigenvalue weighted by Gasteiger charge is 2.37. The van der Waals surface area contributed by atoms with Crippen LogP contribution in [0.2, 0.25) is 5.02 Å². The molecule has 0 bridgehead atoms. The number of H-pyrrole nitrogens is 1. The normalized spacial score (nSPS) is 11.8. The molecule has 142 valence electrons. The van der Waals surface area contributed by atoms with E-state index in [1.165, 1.54) is 6.20 Å². The first-order chi connectivity index (χ1) is 12.6. The Hall–Kier alpha value is -2.74. The quantitative estimate of drug-likeness (QED) is 0.679. The van der Waals surface area contributed by atoms with E-state index in [1.807, 2.05) is 0 Å². The Kier molecular flexibility index (Phi) is 4.77. The van der Waals surface area contributed by atoms with Crippen molar-refractivity contribution in [1.82, 2.24) is 14.6 Å². The summed E-state index contributed by atoms with van der Waals surface area (Å²) in [5.74, 6) is -4.48. The second kappa shape index (κ2) is 6.77. The summed E-state index contributed by atoms with van der Waals surface area (Å²) in [6.45, 7) is 3.94. The zero-order valence-electron chi connectivity index (χ0n) is 14.8. The average Bonchev–Trinajstić information content (AvgIpc) is 2.98. The van der Waals surface area contributed by atoms with Gasteiger partial charge in [0.25, 0.3) is 11.5 Å². The number of halogens is 3. The smallest absolute Gasteiger partial charge is 0.359 e. The third-order valence-corrected chi connectivity index (χ3v) is 4.43. The van der Waals surface area contributed by atoms with Crippen molar-refractivity contribution in [3.05, 3.63) is 56.6 Å². The van der Waals surface area contributed by atoms with Crippen molar-refractivity contribution in [2.45, 2.75) is 26.7 Å². The van der Waals surface area contributed by atoms with Gasteiger partial charge in [0.1, 0.15) is 5.52 Å². The second-order valence-corrected chi connectivity index (χ2v) is 6.49. The molecule has 0 aliphatic carbocycles. The molecule has 2 aromatic heterocycles. The summed E-state index contributed by atoms with van der Waals surface area (Å²) in [6.07, 6.45) is 1.37. The molecule has 0 saturated carbocycles. The molecule has 0 atom stereocenters. The van der Waals surface area contributed by atoms with Crippen molar-refractivity contribution in [2.24, 2.45) is 0 Å². The van der Waals surface area contributed by atoms with E-state index in [9.17, 15) is 18.4 Å². The number of nitrogens with zero attached hydrogens (tertiary/aromatic N) is 2. The van der Waals surface area contributed by atoms with Gasteiger partial charge in [0, 0.05) is 11.9 Å². The standard InChI is InChI=1S/C18H16ClF2N3O3/c1-4-27-17(26)14-13(18(3,20)21)15-16(25)22-12(8-24(15)23-14)10-5-6-11(19)9(2)7-10/h5-8H,4H2,1-3H3,(H,22,25). The Morgan fingerprint density at radius 2 is 2.11 bits per heavy atom. The van der Waals surface area contributed by atoms with Gasteiger partial charge in [0.05, 0.1) is 24.1 Å². The van der Waals surface area contributed by atoms with E-state index < -0.39 is 34.2 Å². The minimum absolute atomic E-state index is 0.00686. The fourth-order valence-electron chi connectivity index (χ4n) is 2.80. The van der Waals surface area contributed by atoms with Crippen LogP contribution >= 0.6 is 11.6 Å². The number of carbonyl (C=O) groups excluding carboxylic acids is 1. The summed E-state index contributed by atoms with van der Waals surface area (Å²) in [6, 6.07) is 5.08. The molecule has 0 aliphatic rings. The first-order valence-corrected chi connectivity index (χ1v) is 8.49. The van der Waals surface area contributed by atoms with Gasteiger partial charge in [-0.2, -0.15) is 5.10 Å². The molecule has 0 radical (unpaired) electrons. The average molecular weight is 396 g/mol. The van der Waals surface area contributed by atoms with Crippen LogP contribution in [0.15, 0.2) is 29.2 Å². The van der Waals surface area contributed by atoms with Crippen molar-refractivity contribution in [3.8, 4) is 11.3 Å². The molecule has 0 unspecified atom stereocenters. The lowest BCUT2D eigenvalue weighted by Crippen LogP contribution is -2.18. The molecule has 0 spiro atoms. The SMILES string of the molecule is CCOC(=O)c1nn2cc(-c3ccc(Cl)c(C)c3)[nH]c(=O)c2c1C(C)(F)F. The van der Waals surface area contributed by atoms with Crippen LogP contribution in [0.4, 0.5) is 8.78 Å². The first-order valence-electron chi connectivity index (χ1n) is 8.11. The van der Waals surface area contributed by atoms with E-state index >= 15 is 0 Å². The molecular weight excluding hydrogens is 380 g/mol. The fraction of sp³-hybridized carbons (Fsp3) is 0.278. The maximum atomic E-state index is 14.2. The number of ether oxygens (including phenoxy) is 1. The largest absolute Gasteiger partial charge is 0.461 e. The summed E-state index contributed by atoms with van der Waals surface area (Å²) in [5, 5.41) is 4.46. The number of nitrogens with one attached hydrogen (secondary N) is 1. The van der Waals surface area contributed by atoms with Crippen molar-refractivity contribution in [2.75, 3.05) is 6.61 Å². The number of carbonyl (C=O) groups is 1. The Morgan fingerprint density at radius 3 is 2.70 bits per heavy atom. The third kappa shape index (κ3) is 3.44. The van der Waals surface area contributed by atoms with E-state index in [2.05, 4.69) is 10.1 Å². The first kappa shape index (κ1) is 19.0. The Morgan fingerprint density at radius 1 is 1.41 bits per heavy atom. The highest BCUT2D eigenvalue weighted by atomic mass is 35.5. The van der Waals surface area contributed by atoms with Gasteiger partial charge in [-0.1, -0.05) is 17.7 Å². The highest BCUT2D eigenvalue weighted by Crippen LogP contribution is 2.33. The van der Waals surface area contributed by atoms with Gasteiger partial charge >= 0.3 is 5.97 Å². The zero-order chi connectivity index (χ0) is 19.9. The van der Waals surface area contributed by atoms with Crippen LogP contribution in [0.3, 0.4) is 0 Å². The van der Waals surface area contributed by atoms with E-state index in [0.717, 1.165) is 10.1 Å². The minimum atomic E-state index is -3.46. The molecule has 1 N–H and O–H groups in total. The van der Waals surface area contributed by atoms with Crippen LogP contribution in [0.1, 0.15) is 35.5 Å². The zero-order valence-corrected chi connectivity index (χ0v) is 15.5. The summed E-state index contributed by atoms with van der Waals surface area (Å²) in [7, 11) is 0. The van der Waals surface area contributed by atoms with E-state index in [0.29, 0.717) is 23.2 Å². The van der Waals surface area contributed by atoms with Gasteiger partial charge in [-0.25, -0.2) is 18.1 Å². The number of alkyl halides is 2. The molecule has 0 amide bonds. The maximum Gasteiger partial charge on any atom is 0.359 e. The molecule has 0 saturated heterocycles. The third-order valence-electron chi connectivity index (χ3n) is 4.00. The Balaban J connectivity index is 2.28. The highest BCUT2D eigenvalue weighted by molar-refractivity contribution is 6.31. The summed E-state index contributed by atoms with van der Waals surface area (Å²) >= 11 is 6.01. The number of hydrogen-bond acceptors (Lipinski definition) is 4. The number of aromatic nitrogens is 3. The molecule has 1 aromatic carbocycles. The van der Waals surface area contributed by atoms with Gasteiger partial charge in [0.2, 0.25) is 0 Å². The van der Waals surface area contributed by atoms with Gasteiger partial charge < -0.3 is 9.72 Å². The second-order valence-electron chi connectivity index (χ2n) is 6.09. The lowest BCUT2D eigenvalue weighted by molar-refractivity contribution is 0.0156. The number of esters is 1. The topological polar surface area (TPSA) is 76.5 Å². The number of rotatable bonds is 4. The molecular formula is C18H16ClF2N3O3. The summed E-state index contributed by atoms with van der Waals surface area (Å²) in [4.78, 5) is 27.2. The van der Waals surface area contributed by atoms with Crippen LogP contribution in [0, 0.1) is 6.92 Å². The molecule has 9 heteroatoms. The van der Waals surface area contributed by atoms with E-state index in [1.54, 1.807) is 32.0 Å². The van der Waals surface area contributed by atoms with Gasteiger partial charge in [-0.05, 0) is 37.1 Å². The van der Waals surface area contributed by atoms with Crippen molar-refractivity contribution in [1.29, 1.82) is 0 Å². The van der Waals surface area contributed by atoms with Crippen LogP contribution in [0.25, 0.3) is 16.8 Å². The van der Waals surface area contributed by atoms with Gasteiger partial charge in [0.15, 0.2) is 5.69 Å². The molecule has 2 heterocycles. The molecule has 0 aliphatic heterocycles. The number of aromatic amines is 1. The number of aryl methyl sites for hydroxylation is 1. The van der Waals surface area contributed by atoms with Crippen LogP contribution < -0.4 is 5.56 Å². The van der Waals surface area contributed by atoms with Crippen molar-refractivity contribution < 1.29 is 18.3 Å². The number of fused-ring (bicyclic) bond motifs is 1. The summed E-state index contributed by atoms with van der Waals surface area (Å²) < 4.78 is 34.1. The molecule has 3 rings (SSSR count). The van der Waals surface area contributed by atoms with E-state index in [-0.39, 0.29) is 6.61 Å². The lowest BCUT2D eigenvalue weighted by Gasteiger charge is -2.10. The minimum Gasteiger partial charge on any atom is -0.461 e. The van der Waals surface area contributed by atoms with Crippen LogP contribution in [0.5, 0.6) is 0 Å². The summed E-state index contributed by atoms with van der Waals surface area (Å²) in [5.41, 5.74) is -0.798. The number of hydrogen-bond donors (Lipinski definition) is 1. The predicted molar refractivity (Wildman–Crippen MR) is 96.5 cm³/mol.